The summed E-state index contributed by atoms with van der Waals surface area (Å²) in [6.07, 6.45) is 0. The Balaban J connectivity index is 2.61. The van der Waals surface area contributed by atoms with Crippen LogP contribution < -0.4 is 0 Å². The fraction of sp³-hybridized carbons (Fsp3) is 0.143. The van der Waals surface area contributed by atoms with Crippen molar-refractivity contribution in [1.82, 2.24) is 0 Å². The Morgan fingerprint density at radius 2 is 1.50 bits per heavy atom. The van der Waals surface area contributed by atoms with Crippen molar-refractivity contribution >= 4 is 0 Å². The third kappa shape index (κ3) is 1.49. The maximum atomic E-state index is 3.00. The van der Waals surface area contributed by atoms with Gasteiger partial charge in [0.2, 0.25) is 0 Å². The van der Waals surface area contributed by atoms with Gasteiger partial charge in [0.25, 0.3) is 0 Å². The Morgan fingerprint density at radius 1 is 0.786 bits per heavy atom. The molecule has 0 radical (unpaired) electrons. The van der Waals surface area contributed by atoms with Gasteiger partial charge in [0, 0.05) is 0 Å². The van der Waals surface area contributed by atoms with Crippen LogP contribution in [0.15, 0.2) is 36.4 Å². The molecular weight excluding hydrogens is 168 g/mol. The van der Waals surface area contributed by atoms with E-state index in [0.717, 1.165) is 0 Å². The molecule has 0 amide bonds. The minimum Gasteiger partial charge on any atom is -0.0699 e. The number of benzene rings is 1. The topological polar surface area (TPSA) is 0 Å². The van der Waals surface area contributed by atoms with Crippen molar-refractivity contribution in [2.75, 3.05) is 0 Å². The Hall–Kier alpha value is -1.74. The van der Waals surface area contributed by atoms with Gasteiger partial charge in [-0.05, 0) is 48.2 Å². The number of hydrogen-bond acceptors (Lipinski definition) is 0. The highest BCUT2D eigenvalue weighted by atomic mass is 14.1. The van der Waals surface area contributed by atoms with Gasteiger partial charge in [-0.1, -0.05) is 36.4 Å². The predicted octanol–water partition coefficient (Wildman–Crippen LogP) is 3.57. The molecule has 0 heterocycles. The molecule has 14 heavy (non-hydrogen) atoms. The first-order chi connectivity index (χ1) is 6.79. The van der Waals surface area contributed by atoms with Crippen molar-refractivity contribution in [3.8, 4) is 11.1 Å². The van der Waals surface area contributed by atoms with Gasteiger partial charge in [0.05, 0.1) is 0 Å². The lowest BCUT2D eigenvalue weighted by atomic mass is 9.98. The molecule has 2 aromatic rings. The summed E-state index contributed by atoms with van der Waals surface area (Å²) in [6.45, 7) is 4.23. The molecule has 2 rings (SSSR count). The number of rotatable bonds is 1. The summed E-state index contributed by atoms with van der Waals surface area (Å²) in [4.78, 5) is 0. The smallest absolute Gasteiger partial charge is 0.00337 e. The summed E-state index contributed by atoms with van der Waals surface area (Å²) < 4.78 is 0. The first-order valence-electron chi connectivity index (χ1n) is 4.73. The largest absolute Gasteiger partial charge is 0.0699 e. The van der Waals surface area contributed by atoms with E-state index < -0.39 is 0 Å². The van der Waals surface area contributed by atoms with Crippen LogP contribution in [0.5, 0.6) is 0 Å². The summed E-state index contributed by atoms with van der Waals surface area (Å²) in [5.74, 6) is 0. The molecule has 0 aromatic heterocycles. The second-order valence-corrected chi connectivity index (χ2v) is 3.49. The minimum atomic E-state index is 1.25. The van der Waals surface area contributed by atoms with E-state index in [4.69, 9.17) is 0 Å². The third-order valence-corrected chi connectivity index (χ3v) is 2.45. The zero-order valence-electron chi connectivity index (χ0n) is 8.46. The number of hydrogen-bond donors (Lipinski definition) is 0. The molecule has 0 bridgehead atoms. The minimum absolute atomic E-state index is 1.25. The molecule has 0 aliphatic rings. The van der Waals surface area contributed by atoms with Crippen molar-refractivity contribution in [3.63, 3.8) is 0 Å². The van der Waals surface area contributed by atoms with Crippen molar-refractivity contribution in [2.24, 2.45) is 0 Å². The van der Waals surface area contributed by atoms with Gasteiger partial charge in [0.1, 0.15) is 0 Å². The second-order valence-electron chi connectivity index (χ2n) is 3.49. The van der Waals surface area contributed by atoms with E-state index in [1.807, 2.05) is 12.1 Å². The predicted molar refractivity (Wildman–Crippen MR) is 59.0 cm³/mol. The molecule has 0 saturated heterocycles. The lowest BCUT2D eigenvalue weighted by Gasteiger charge is -2.06. The third-order valence-electron chi connectivity index (χ3n) is 2.45. The molecule has 0 atom stereocenters. The average molecular weight is 180 g/mol. The lowest BCUT2D eigenvalue weighted by Crippen LogP contribution is -1.84. The summed E-state index contributed by atoms with van der Waals surface area (Å²) >= 11 is 0. The molecule has 68 valence electrons. The van der Waals surface area contributed by atoms with Gasteiger partial charge in [0.15, 0.2) is 0 Å². The van der Waals surface area contributed by atoms with Crippen LogP contribution >= 0.6 is 0 Å². The Kier molecular flexibility index (Phi) is 2.24. The monoisotopic (exact) mass is 180 g/mol. The van der Waals surface area contributed by atoms with Crippen molar-refractivity contribution in [3.05, 3.63) is 59.7 Å². The Labute approximate surface area is 85.2 Å². The van der Waals surface area contributed by atoms with Crippen LogP contribution in [0.25, 0.3) is 11.1 Å². The van der Waals surface area contributed by atoms with Gasteiger partial charge >= 0.3 is 0 Å². The summed E-state index contributed by atoms with van der Waals surface area (Å²) in [5.41, 5.74) is 5.09. The normalized spacial score (nSPS) is 9.57. The summed E-state index contributed by atoms with van der Waals surface area (Å²) in [5, 5.41) is 0. The molecule has 0 spiro atoms. The van der Waals surface area contributed by atoms with Gasteiger partial charge in [-0.3, -0.25) is 0 Å². The van der Waals surface area contributed by atoms with Crippen molar-refractivity contribution in [1.29, 1.82) is 0 Å². The molecule has 0 saturated carbocycles. The summed E-state index contributed by atoms with van der Waals surface area (Å²) in [7, 11) is 0. The highest BCUT2D eigenvalue weighted by Crippen LogP contribution is 2.24. The van der Waals surface area contributed by atoms with E-state index in [9.17, 15) is 0 Å². The SMILES string of the molecule is Cc1cc#ccc1-c1ccccc1C. The first-order valence-corrected chi connectivity index (χ1v) is 4.73. The molecular formula is C14H12. The maximum Gasteiger partial charge on any atom is -0.00337 e. The molecule has 0 N–H and O–H groups in total. The Bertz CT molecular complexity index is 398. The highest BCUT2D eigenvalue weighted by molar-refractivity contribution is 5.69. The molecule has 0 fully saturated rings. The van der Waals surface area contributed by atoms with Crippen LogP contribution in [0, 0.1) is 26.0 Å². The quantitative estimate of drug-likeness (QED) is 0.629. The van der Waals surface area contributed by atoms with E-state index in [1.165, 1.54) is 22.3 Å². The van der Waals surface area contributed by atoms with Crippen LogP contribution in [0.1, 0.15) is 11.1 Å². The number of aryl methyl sites for hydroxylation is 2. The molecule has 0 aliphatic carbocycles. The fourth-order valence-corrected chi connectivity index (χ4v) is 1.62. The molecule has 0 unspecified atom stereocenters. The highest BCUT2D eigenvalue weighted by Gasteiger charge is 2.02. The molecule has 0 heteroatoms. The van der Waals surface area contributed by atoms with Gasteiger partial charge in [-0.2, -0.15) is 0 Å². The second kappa shape index (κ2) is 3.55. The zero-order valence-corrected chi connectivity index (χ0v) is 8.46. The lowest BCUT2D eigenvalue weighted by molar-refractivity contribution is 1.41. The van der Waals surface area contributed by atoms with Gasteiger partial charge < -0.3 is 0 Å². The standard InChI is InChI=1S/C14H12/c1-11-7-3-5-9-13(11)14-10-6-4-8-12(14)2/h3,5,7-10H,1-2H3. The van der Waals surface area contributed by atoms with Crippen molar-refractivity contribution in [2.45, 2.75) is 13.8 Å². The molecule has 0 aliphatic heterocycles. The average Bonchev–Trinajstić information content (AvgIpc) is 2.20. The van der Waals surface area contributed by atoms with Crippen LogP contribution in [0.4, 0.5) is 0 Å². The first kappa shape index (κ1) is 8.84. The zero-order chi connectivity index (χ0) is 9.97. The Morgan fingerprint density at radius 3 is 2.21 bits per heavy atom. The van der Waals surface area contributed by atoms with E-state index in [-0.39, 0.29) is 0 Å². The van der Waals surface area contributed by atoms with E-state index in [2.05, 4.69) is 50.2 Å². The van der Waals surface area contributed by atoms with Crippen LogP contribution in [-0.4, -0.2) is 0 Å². The van der Waals surface area contributed by atoms with Gasteiger partial charge in [-0.25, -0.2) is 0 Å². The van der Waals surface area contributed by atoms with Crippen LogP contribution in [0.3, 0.4) is 0 Å². The van der Waals surface area contributed by atoms with E-state index in [0.29, 0.717) is 0 Å². The van der Waals surface area contributed by atoms with Crippen LogP contribution in [0.2, 0.25) is 0 Å². The molecule has 0 nitrogen and oxygen atoms in total. The van der Waals surface area contributed by atoms with Crippen molar-refractivity contribution < 1.29 is 0 Å². The maximum absolute atomic E-state index is 3.00. The summed E-state index contributed by atoms with van der Waals surface area (Å²) in [6, 6.07) is 18.3. The fourth-order valence-electron chi connectivity index (χ4n) is 1.62. The van der Waals surface area contributed by atoms with Gasteiger partial charge in [-0.15, -0.1) is 0 Å². The van der Waals surface area contributed by atoms with Crippen LogP contribution in [-0.2, 0) is 0 Å². The van der Waals surface area contributed by atoms with E-state index in [1.54, 1.807) is 0 Å². The van der Waals surface area contributed by atoms with E-state index >= 15 is 0 Å². The molecule has 2 aromatic carbocycles.